The van der Waals surface area contributed by atoms with E-state index in [2.05, 4.69) is 26.0 Å². The second-order valence-corrected chi connectivity index (χ2v) is 15.6. The van der Waals surface area contributed by atoms with E-state index in [4.69, 9.17) is 9.84 Å². The fourth-order valence-corrected chi connectivity index (χ4v) is 7.12. The second-order valence-electron chi connectivity index (χ2n) is 15.6. The number of esters is 1. The van der Waals surface area contributed by atoms with Crippen molar-refractivity contribution in [3.05, 3.63) is 12.2 Å². The van der Waals surface area contributed by atoms with Gasteiger partial charge in [0.15, 0.2) is 0 Å². The first kappa shape index (κ1) is 48.7. The van der Waals surface area contributed by atoms with Gasteiger partial charge in [0.1, 0.15) is 6.10 Å². The Bertz CT molecular complexity index is 717. The van der Waals surface area contributed by atoms with Crippen LogP contribution in [0, 0.1) is 0 Å². The summed E-state index contributed by atoms with van der Waals surface area (Å²) >= 11 is 0. The van der Waals surface area contributed by atoms with E-state index < -0.39 is 5.97 Å². The van der Waals surface area contributed by atoms with Gasteiger partial charge in [-0.25, -0.2) is 0 Å². The van der Waals surface area contributed by atoms with Crippen molar-refractivity contribution in [1.29, 1.82) is 0 Å². The summed E-state index contributed by atoms with van der Waals surface area (Å²) in [5.74, 6) is -0.639. The zero-order valence-corrected chi connectivity index (χ0v) is 34.0. The van der Waals surface area contributed by atoms with Gasteiger partial charge in [0.2, 0.25) is 0 Å². The van der Waals surface area contributed by atoms with Crippen LogP contribution in [0.3, 0.4) is 0 Å². The minimum atomic E-state index is -0.675. The maximum atomic E-state index is 12.7. The number of rotatable bonds is 42. The van der Waals surface area contributed by atoms with Crippen molar-refractivity contribution in [3.63, 3.8) is 0 Å². The third kappa shape index (κ3) is 41.1. The summed E-state index contributed by atoms with van der Waals surface area (Å²) in [5, 5.41) is 8.74. The number of aliphatic carboxylic acids is 1. The molecule has 1 N–H and O–H groups in total. The van der Waals surface area contributed by atoms with Crippen molar-refractivity contribution in [2.45, 2.75) is 270 Å². The van der Waals surface area contributed by atoms with Crippen molar-refractivity contribution in [3.8, 4) is 0 Å². The molecular weight excluding hydrogens is 617 g/mol. The maximum Gasteiger partial charge on any atom is 0.306 e. The highest BCUT2D eigenvalue weighted by Crippen LogP contribution is 2.19. The molecule has 0 heterocycles. The summed E-state index contributed by atoms with van der Waals surface area (Å²) in [6.07, 6.45) is 52.6. The number of hydrogen-bond donors (Lipinski definition) is 1. The number of ether oxygens (including phenoxy) is 1. The predicted octanol–water partition coefficient (Wildman–Crippen LogP) is 15.8. The van der Waals surface area contributed by atoms with Gasteiger partial charge in [-0.05, 0) is 64.2 Å². The fraction of sp³-hybridized carbons (Fsp3) is 0.913. The van der Waals surface area contributed by atoms with E-state index in [-0.39, 0.29) is 12.1 Å². The predicted molar refractivity (Wildman–Crippen MR) is 218 cm³/mol. The zero-order chi connectivity index (χ0) is 36.4. The van der Waals surface area contributed by atoms with Crippen LogP contribution in [0.25, 0.3) is 0 Å². The van der Waals surface area contributed by atoms with Gasteiger partial charge in [0, 0.05) is 12.8 Å². The van der Waals surface area contributed by atoms with Gasteiger partial charge in [-0.15, -0.1) is 0 Å². The van der Waals surface area contributed by atoms with Gasteiger partial charge in [-0.2, -0.15) is 0 Å². The van der Waals surface area contributed by atoms with E-state index in [1.807, 2.05) is 0 Å². The van der Waals surface area contributed by atoms with E-state index in [1.165, 1.54) is 186 Å². The highest BCUT2D eigenvalue weighted by Gasteiger charge is 2.14. The van der Waals surface area contributed by atoms with Crippen LogP contribution in [-0.4, -0.2) is 23.1 Å². The third-order valence-corrected chi connectivity index (χ3v) is 10.5. The lowest BCUT2D eigenvalue weighted by Crippen LogP contribution is -2.18. The highest BCUT2D eigenvalue weighted by molar-refractivity contribution is 5.69. The molecule has 50 heavy (non-hydrogen) atoms. The van der Waals surface area contributed by atoms with Gasteiger partial charge in [-0.3, -0.25) is 9.59 Å². The zero-order valence-electron chi connectivity index (χ0n) is 34.0. The summed E-state index contributed by atoms with van der Waals surface area (Å²) in [6, 6.07) is 0. The highest BCUT2D eigenvalue weighted by atomic mass is 16.5. The molecule has 0 fully saturated rings. The molecule has 4 heteroatoms. The van der Waals surface area contributed by atoms with Gasteiger partial charge in [-0.1, -0.05) is 199 Å². The second kappa shape index (κ2) is 42.1. The Hall–Kier alpha value is -1.32. The standard InChI is InChI=1S/C46H88O4/c1-3-5-7-9-11-12-13-14-15-16-17-18-19-20-21-22-23-27-31-35-39-43-46(49)50-44(40-36-32-28-10-8-6-4-2)41-37-33-29-25-24-26-30-34-38-42-45(47)48/h14-15,44H,3-13,16-43H2,1-2H3,(H,47,48)/b15-14-. The number of carbonyl (C=O) groups is 2. The Labute approximate surface area is 313 Å². The lowest BCUT2D eigenvalue weighted by atomic mass is 10.0. The SMILES string of the molecule is CCCCCCCC/C=C\CCCCCCCCCCCCCC(=O)OC(CCCCCCCCC)CCCCCCCCCCCC(=O)O. The Balaban J connectivity index is 3.84. The number of allylic oxidation sites excluding steroid dienone is 2. The first-order chi connectivity index (χ1) is 24.6. The molecule has 0 aromatic carbocycles. The summed E-state index contributed by atoms with van der Waals surface area (Å²) in [4.78, 5) is 23.3. The number of carboxylic acids is 1. The molecule has 0 aliphatic carbocycles. The number of carbonyl (C=O) groups excluding carboxylic acids is 1. The minimum absolute atomic E-state index is 0.0362. The Kier molecular flexibility index (Phi) is 41.0. The van der Waals surface area contributed by atoms with Crippen LogP contribution in [0.5, 0.6) is 0 Å². The molecule has 0 rings (SSSR count). The topological polar surface area (TPSA) is 63.6 Å². The number of hydrogen-bond acceptors (Lipinski definition) is 3. The Morgan fingerprint density at radius 3 is 1.08 bits per heavy atom. The number of unbranched alkanes of at least 4 members (excludes halogenated alkanes) is 31. The van der Waals surface area contributed by atoms with Gasteiger partial charge >= 0.3 is 11.9 Å². The van der Waals surface area contributed by atoms with E-state index in [1.54, 1.807) is 0 Å². The Morgan fingerprint density at radius 1 is 0.420 bits per heavy atom. The molecule has 0 spiro atoms. The van der Waals surface area contributed by atoms with Crippen molar-refractivity contribution < 1.29 is 19.4 Å². The van der Waals surface area contributed by atoms with Crippen molar-refractivity contribution in [2.75, 3.05) is 0 Å². The molecule has 296 valence electrons. The van der Waals surface area contributed by atoms with Crippen molar-refractivity contribution >= 4 is 11.9 Å². The molecule has 0 amide bonds. The largest absolute Gasteiger partial charge is 0.481 e. The summed E-state index contributed by atoms with van der Waals surface area (Å²) in [6.45, 7) is 4.55. The molecule has 0 saturated heterocycles. The lowest BCUT2D eigenvalue weighted by molar-refractivity contribution is -0.150. The maximum absolute atomic E-state index is 12.7. The molecule has 0 radical (unpaired) electrons. The molecule has 0 bridgehead atoms. The first-order valence-electron chi connectivity index (χ1n) is 22.7. The minimum Gasteiger partial charge on any atom is -0.481 e. The van der Waals surface area contributed by atoms with Crippen LogP contribution in [0.1, 0.15) is 264 Å². The number of carboxylic acid groups (broad SMARTS) is 1. The smallest absolute Gasteiger partial charge is 0.306 e. The van der Waals surface area contributed by atoms with E-state index in [0.29, 0.717) is 12.8 Å². The van der Waals surface area contributed by atoms with Crippen LogP contribution in [0.15, 0.2) is 12.2 Å². The third-order valence-electron chi connectivity index (χ3n) is 10.5. The average molecular weight is 705 g/mol. The summed E-state index contributed by atoms with van der Waals surface area (Å²) in [5.41, 5.74) is 0. The molecule has 4 nitrogen and oxygen atoms in total. The molecule has 0 aromatic heterocycles. The lowest BCUT2D eigenvalue weighted by Gasteiger charge is -2.18. The van der Waals surface area contributed by atoms with E-state index in [0.717, 1.165) is 51.4 Å². The molecule has 0 aliphatic heterocycles. The van der Waals surface area contributed by atoms with Crippen LogP contribution >= 0.6 is 0 Å². The average Bonchev–Trinajstić information content (AvgIpc) is 3.10. The Morgan fingerprint density at radius 2 is 0.720 bits per heavy atom. The fourth-order valence-electron chi connectivity index (χ4n) is 7.12. The molecule has 1 unspecified atom stereocenters. The monoisotopic (exact) mass is 705 g/mol. The molecule has 1 atom stereocenters. The summed E-state index contributed by atoms with van der Waals surface area (Å²) < 4.78 is 6.05. The van der Waals surface area contributed by atoms with Crippen LogP contribution in [0.2, 0.25) is 0 Å². The molecule has 0 saturated carbocycles. The van der Waals surface area contributed by atoms with Gasteiger partial charge in [0.25, 0.3) is 0 Å². The van der Waals surface area contributed by atoms with Gasteiger partial charge < -0.3 is 9.84 Å². The van der Waals surface area contributed by atoms with Crippen LogP contribution in [-0.2, 0) is 14.3 Å². The summed E-state index contributed by atoms with van der Waals surface area (Å²) in [7, 11) is 0. The molecule has 0 aliphatic rings. The van der Waals surface area contributed by atoms with Crippen LogP contribution < -0.4 is 0 Å². The van der Waals surface area contributed by atoms with E-state index in [9.17, 15) is 9.59 Å². The first-order valence-corrected chi connectivity index (χ1v) is 22.7. The quantitative estimate of drug-likeness (QED) is 0.0390. The van der Waals surface area contributed by atoms with Crippen LogP contribution in [0.4, 0.5) is 0 Å². The van der Waals surface area contributed by atoms with Crippen molar-refractivity contribution in [1.82, 2.24) is 0 Å². The molecular formula is C46H88O4. The molecule has 0 aromatic rings. The van der Waals surface area contributed by atoms with Crippen molar-refractivity contribution in [2.24, 2.45) is 0 Å². The van der Waals surface area contributed by atoms with E-state index >= 15 is 0 Å². The normalized spacial score (nSPS) is 12.2. The van der Waals surface area contributed by atoms with Gasteiger partial charge in [0.05, 0.1) is 0 Å².